The molecular formula is C18H19NO5. The minimum atomic E-state index is -0.346. The summed E-state index contributed by atoms with van der Waals surface area (Å²) in [4.78, 5) is 12.2. The number of methoxy groups -OCH3 is 3. The Bertz CT molecular complexity index is 758. The van der Waals surface area contributed by atoms with Crippen molar-refractivity contribution in [2.45, 2.75) is 0 Å². The van der Waals surface area contributed by atoms with Gasteiger partial charge in [-0.3, -0.25) is 4.79 Å². The lowest BCUT2D eigenvalue weighted by Crippen LogP contribution is -1.97. The van der Waals surface area contributed by atoms with Crippen LogP contribution in [-0.4, -0.2) is 32.2 Å². The van der Waals surface area contributed by atoms with Crippen LogP contribution >= 0.6 is 0 Å². The molecule has 24 heavy (non-hydrogen) atoms. The van der Waals surface area contributed by atoms with Crippen LogP contribution < -0.4 is 19.9 Å². The molecule has 0 aliphatic rings. The van der Waals surface area contributed by atoms with Crippen LogP contribution in [0.25, 0.3) is 6.08 Å². The Kier molecular flexibility index (Phi) is 5.31. The molecule has 0 heterocycles. The van der Waals surface area contributed by atoms with Gasteiger partial charge in [0.2, 0.25) is 5.75 Å². The SMILES string of the molecule is COc1cc(/C=C/C(=O)c2ccc(N)cc2O)cc(OC)c1OC. The predicted octanol–water partition coefficient (Wildman–Crippen LogP) is 2.90. The van der Waals surface area contributed by atoms with Crippen LogP contribution in [-0.2, 0) is 0 Å². The quantitative estimate of drug-likeness (QED) is 0.481. The highest BCUT2D eigenvalue weighted by Crippen LogP contribution is 2.38. The maximum absolute atomic E-state index is 12.2. The molecule has 0 unspecified atom stereocenters. The van der Waals surface area contributed by atoms with E-state index < -0.39 is 0 Å². The summed E-state index contributed by atoms with van der Waals surface area (Å²) in [5.41, 5.74) is 6.80. The van der Waals surface area contributed by atoms with Crippen LogP contribution in [0.3, 0.4) is 0 Å². The molecule has 0 saturated heterocycles. The number of phenols is 1. The molecule has 0 aliphatic carbocycles. The van der Waals surface area contributed by atoms with E-state index in [-0.39, 0.29) is 17.1 Å². The number of ether oxygens (including phenoxy) is 3. The minimum Gasteiger partial charge on any atom is -0.507 e. The van der Waals surface area contributed by atoms with Gasteiger partial charge in [0.25, 0.3) is 0 Å². The highest BCUT2D eigenvalue weighted by molar-refractivity contribution is 6.08. The summed E-state index contributed by atoms with van der Waals surface area (Å²) >= 11 is 0. The van der Waals surface area contributed by atoms with Gasteiger partial charge in [0.1, 0.15) is 5.75 Å². The molecule has 0 spiro atoms. The van der Waals surface area contributed by atoms with E-state index in [2.05, 4.69) is 0 Å². The molecule has 3 N–H and O–H groups in total. The highest BCUT2D eigenvalue weighted by atomic mass is 16.5. The number of rotatable bonds is 6. The fourth-order valence-corrected chi connectivity index (χ4v) is 2.22. The smallest absolute Gasteiger partial charge is 0.203 e. The number of nitrogen functional groups attached to an aromatic ring is 1. The van der Waals surface area contributed by atoms with Crippen LogP contribution in [0, 0.1) is 0 Å². The summed E-state index contributed by atoms with van der Waals surface area (Å²) in [7, 11) is 4.55. The van der Waals surface area contributed by atoms with Gasteiger partial charge in [-0.2, -0.15) is 0 Å². The van der Waals surface area contributed by atoms with Crippen molar-refractivity contribution in [3.63, 3.8) is 0 Å². The summed E-state index contributed by atoms with van der Waals surface area (Å²) in [6.07, 6.45) is 2.95. The average molecular weight is 329 g/mol. The van der Waals surface area contributed by atoms with Gasteiger partial charge >= 0.3 is 0 Å². The molecule has 6 nitrogen and oxygen atoms in total. The van der Waals surface area contributed by atoms with E-state index >= 15 is 0 Å². The number of ketones is 1. The van der Waals surface area contributed by atoms with Gasteiger partial charge in [0.05, 0.1) is 26.9 Å². The fourth-order valence-electron chi connectivity index (χ4n) is 2.22. The summed E-state index contributed by atoms with van der Waals surface area (Å²) in [5, 5.41) is 9.80. The monoisotopic (exact) mass is 329 g/mol. The van der Waals surface area contributed by atoms with E-state index in [1.165, 1.54) is 39.5 Å². The van der Waals surface area contributed by atoms with Crippen LogP contribution in [0.1, 0.15) is 15.9 Å². The first-order valence-corrected chi connectivity index (χ1v) is 7.11. The van der Waals surface area contributed by atoms with E-state index in [4.69, 9.17) is 19.9 Å². The van der Waals surface area contributed by atoms with Gasteiger partial charge in [-0.25, -0.2) is 0 Å². The van der Waals surface area contributed by atoms with Crippen molar-refractivity contribution in [3.05, 3.63) is 47.5 Å². The zero-order chi connectivity index (χ0) is 17.7. The molecule has 0 aliphatic heterocycles. The summed E-state index contributed by atoms with van der Waals surface area (Å²) in [6, 6.07) is 7.80. The highest BCUT2D eigenvalue weighted by Gasteiger charge is 2.13. The van der Waals surface area contributed by atoms with Crippen molar-refractivity contribution in [2.24, 2.45) is 0 Å². The van der Waals surface area contributed by atoms with Gasteiger partial charge in [-0.1, -0.05) is 6.08 Å². The Morgan fingerprint density at radius 1 is 1.04 bits per heavy atom. The number of carbonyl (C=O) groups is 1. The lowest BCUT2D eigenvalue weighted by atomic mass is 10.1. The normalized spacial score (nSPS) is 10.6. The Morgan fingerprint density at radius 2 is 1.67 bits per heavy atom. The number of phenolic OH excluding ortho intramolecular Hbond substituents is 1. The van der Waals surface area contributed by atoms with E-state index in [0.29, 0.717) is 28.5 Å². The molecule has 2 aromatic carbocycles. The maximum atomic E-state index is 12.2. The molecule has 0 bridgehead atoms. The van der Waals surface area contributed by atoms with Crippen LogP contribution in [0.5, 0.6) is 23.0 Å². The molecule has 0 saturated carbocycles. The lowest BCUT2D eigenvalue weighted by molar-refractivity contribution is 0.104. The number of aromatic hydroxyl groups is 1. The van der Waals surface area contributed by atoms with E-state index in [9.17, 15) is 9.90 Å². The van der Waals surface area contributed by atoms with Gasteiger partial charge in [0.15, 0.2) is 17.3 Å². The summed E-state index contributed by atoms with van der Waals surface area (Å²) in [6.45, 7) is 0. The second-order valence-electron chi connectivity index (χ2n) is 4.93. The number of carbonyl (C=O) groups excluding carboxylic acids is 1. The van der Waals surface area contributed by atoms with Gasteiger partial charge in [-0.05, 0) is 35.9 Å². The first-order valence-electron chi connectivity index (χ1n) is 7.11. The molecule has 2 rings (SSSR count). The third-order valence-electron chi connectivity index (χ3n) is 3.40. The Labute approximate surface area is 140 Å². The topological polar surface area (TPSA) is 91.0 Å². The molecule has 0 aromatic heterocycles. The van der Waals surface area contributed by atoms with E-state index in [1.54, 1.807) is 24.3 Å². The molecule has 0 fully saturated rings. The standard InChI is InChI=1S/C18H19NO5/c1-22-16-8-11(9-17(23-2)18(16)24-3)4-7-14(20)13-6-5-12(19)10-15(13)21/h4-10,21H,19H2,1-3H3/b7-4+. The van der Waals surface area contributed by atoms with E-state index in [0.717, 1.165) is 0 Å². The summed E-state index contributed by atoms with van der Waals surface area (Å²) in [5.74, 6) is 0.939. The number of allylic oxidation sites excluding steroid dienone is 1. The molecular weight excluding hydrogens is 310 g/mol. The first kappa shape index (κ1) is 17.2. The maximum Gasteiger partial charge on any atom is 0.203 e. The molecule has 6 heteroatoms. The average Bonchev–Trinajstić information content (AvgIpc) is 2.58. The summed E-state index contributed by atoms with van der Waals surface area (Å²) < 4.78 is 15.8. The van der Waals surface area contributed by atoms with Crippen molar-refractivity contribution in [1.29, 1.82) is 0 Å². The van der Waals surface area contributed by atoms with Crippen molar-refractivity contribution in [3.8, 4) is 23.0 Å². The molecule has 126 valence electrons. The minimum absolute atomic E-state index is 0.158. The van der Waals surface area contributed by atoms with Crippen LogP contribution in [0.4, 0.5) is 5.69 Å². The molecule has 2 aromatic rings. The van der Waals surface area contributed by atoms with Crippen LogP contribution in [0.15, 0.2) is 36.4 Å². The fraction of sp³-hybridized carbons (Fsp3) is 0.167. The van der Waals surface area contributed by atoms with Crippen molar-refractivity contribution >= 4 is 17.5 Å². The zero-order valence-corrected chi connectivity index (χ0v) is 13.7. The van der Waals surface area contributed by atoms with Gasteiger partial charge in [-0.15, -0.1) is 0 Å². The second-order valence-corrected chi connectivity index (χ2v) is 4.93. The molecule has 0 amide bonds. The number of anilines is 1. The Morgan fingerprint density at radius 3 is 2.17 bits per heavy atom. The van der Waals surface area contributed by atoms with Crippen LogP contribution in [0.2, 0.25) is 0 Å². The Balaban J connectivity index is 2.32. The third kappa shape index (κ3) is 3.60. The lowest BCUT2D eigenvalue weighted by Gasteiger charge is -2.12. The van der Waals surface area contributed by atoms with Crippen molar-refractivity contribution in [1.82, 2.24) is 0 Å². The van der Waals surface area contributed by atoms with E-state index in [1.807, 2.05) is 0 Å². The Hall–Kier alpha value is -3.15. The number of hydrogen-bond donors (Lipinski definition) is 2. The largest absolute Gasteiger partial charge is 0.507 e. The molecule has 0 atom stereocenters. The van der Waals surface area contributed by atoms with Gasteiger partial charge in [0, 0.05) is 11.8 Å². The predicted molar refractivity (Wildman–Crippen MR) is 92.0 cm³/mol. The van der Waals surface area contributed by atoms with Crippen molar-refractivity contribution < 1.29 is 24.1 Å². The molecule has 0 radical (unpaired) electrons. The number of hydrogen-bond acceptors (Lipinski definition) is 6. The van der Waals surface area contributed by atoms with Gasteiger partial charge < -0.3 is 25.1 Å². The first-order chi connectivity index (χ1) is 11.5. The second kappa shape index (κ2) is 7.41. The third-order valence-corrected chi connectivity index (χ3v) is 3.40. The zero-order valence-electron chi connectivity index (χ0n) is 13.7. The number of nitrogens with two attached hydrogens (primary N) is 1. The van der Waals surface area contributed by atoms with Crippen molar-refractivity contribution in [2.75, 3.05) is 27.1 Å². The number of benzene rings is 2.